The van der Waals surface area contributed by atoms with Crippen LogP contribution in [-0.2, 0) is 5.41 Å². The number of nitrogens with zero attached hydrogens (tertiary/aromatic N) is 1. The summed E-state index contributed by atoms with van der Waals surface area (Å²) in [6, 6.07) is 9.00. The molecule has 1 nitrogen and oxygen atoms in total. The van der Waals surface area contributed by atoms with E-state index in [1.165, 1.54) is 25.0 Å². The van der Waals surface area contributed by atoms with E-state index in [4.69, 9.17) is 11.6 Å². The third-order valence-corrected chi connectivity index (χ3v) is 4.58. The van der Waals surface area contributed by atoms with E-state index in [0.717, 1.165) is 31.2 Å². The lowest BCUT2D eigenvalue weighted by Gasteiger charge is -2.33. The van der Waals surface area contributed by atoms with Crippen LogP contribution in [0.1, 0.15) is 44.1 Å². The van der Waals surface area contributed by atoms with Gasteiger partial charge in [-0.1, -0.05) is 25.0 Å². The molecule has 1 aromatic rings. The summed E-state index contributed by atoms with van der Waals surface area (Å²) in [5.74, 6) is 0.697. The van der Waals surface area contributed by atoms with E-state index in [1.54, 1.807) is 12.1 Å². The average molecular weight is 280 g/mol. The number of hydrogen-bond acceptors (Lipinski definition) is 1. The smallest absolute Gasteiger partial charge is 0.123 e. The monoisotopic (exact) mass is 279 g/mol. The summed E-state index contributed by atoms with van der Waals surface area (Å²) in [6.45, 7) is 0. The topological polar surface area (TPSA) is 23.8 Å². The molecule has 0 bridgehead atoms. The zero-order valence-electron chi connectivity index (χ0n) is 11.0. The Morgan fingerprint density at radius 3 is 2.42 bits per heavy atom. The van der Waals surface area contributed by atoms with E-state index in [1.807, 2.05) is 0 Å². The van der Waals surface area contributed by atoms with Gasteiger partial charge in [0.25, 0.3) is 0 Å². The van der Waals surface area contributed by atoms with E-state index in [0.29, 0.717) is 11.8 Å². The summed E-state index contributed by atoms with van der Waals surface area (Å²) in [6.07, 6.45) is 6.15. The molecule has 1 aromatic carbocycles. The van der Waals surface area contributed by atoms with Crippen LogP contribution < -0.4 is 0 Å². The van der Waals surface area contributed by atoms with Crippen LogP contribution in [-0.4, -0.2) is 5.88 Å². The molecule has 0 radical (unpaired) electrons. The average Bonchev–Trinajstić information content (AvgIpc) is 2.96. The Balaban J connectivity index is 2.36. The summed E-state index contributed by atoms with van der Waals surface area (Å²) in [5, 5.41) is 9.80. The summed E-state index contributed by atoms with van der Waals surface area (Å²) in [4.78, 5) is 0. The second kappa shape index (κ2) is 6.39. The molecule has 1 fully saturated rings. The third kappa shape index (κ3) is 2.92. The van der Waals surface area contributed by atoms with Gasteiger partial charge >= 0.3 is 0 Å². The fourth-order valence-corrected chi connectivity index (χ4v) is 3.44. The molecule has 1 unspecified atom stereocenters. The molecule has 102 valence electrons. The minimum Gasteiger partial charge on any atom is -0.207 e. The second-order valence-electron chi connectivity index (χ2n) is 5.36. The van der Waals surface area contributed by atoms with Crippen LogP contribution in [0.3, 0.4) is 0 Å². The van der Waals surface area contributed by atoms with Crippen LogP contribution in [0.2, 0.25) is 0 Å². The minimum atomic E-state index is -0.487. The largest absolute Gasteiger partial charge is 0.207 e. The van der Waals surface area contributed by atoms with Crippen molar-refractivity contribution in [2.75, 3.05) is 5.88 Å². The fraction of sp³-hybridized carbons (Fsp3) is 0.562. The van der Waals surface area contributed by atoms with Crippen LogP contribution in [0.25, 0.3) is 0 Å². The van der Waals surface area contributed by atoms with Gasteiger partial charge in [0, 0.05) is 5.88 Å². The van der Waals surface area contributed by atoms with Crippen LogP contribution in [0, 0.1) is 23.1 Å². The lowest BCUT2D eigenvalue weighted by molar-refractivity contribution is 0.323. The van der Waals surface area contributed by atoms with Crippen molar-refractivity contribution in [2.24, 2.45) is 5.92 Å². The van der Waals surface area contributed by atoms with E-state index in [9.17, 15) is 9.65 Å². The quantitative estimate of drug-likeness (QED) is 0.711. The van der Waals surface area contributed by atoms with Gasteiger partial charge in [-0.05, 0) is 49.3 Å². The predicted molar refractivity (Wildman–Crippen MR) is 75.6 cm³/mol. The fourth-order valence-electron chi connectivity index (χ4n) is 3.31. The van der Waals surface area contributed by atoms with Crippen molar-refractivity contribution in [2.45, 2.75) is 43.9 Å². The van der Waals surface area contributed by atoms with Crippen LogP contribution >= 0.6 is 11.6 Å². The van der Waals surface area contributed by atoms with Gasteiger partial charge in [-0.3, -0.25) is 0 Å². The molecule has 0 saturated heterocycles. The highest BCUT2D eigenvalue weighted by molar-refractivity contribution is 6.17. The number of benzene rings is 1. The van der Waals surface area contributed by atoms with Crippen LogP contribution in [0.4, 0.5) is 4.39 Å². The zero-order chi connectivity index (χ0) is 13.7. The van der Waals surface area contributed by atoms with Gasteiger partial charge in [0.15, 0.2) is 0 Å². The number of alkyl halides is 1. The number of nitriles is 1. The molecule has 0 aromatic heterocycles. The molecular weight excluding hydrogens is 261 g/mol. The van der Waals surface area contributed by atoms with Crippen molar-refractivity contribution >= 4 is 11.6 Å². The molecule has 0 spiro atoms. The molecule has 1 saturated carbocycles. The minimum absolute atomic E-state index is 0.251. The van der Waals surface area contributed by atoms with Gasteiger partial charge in [0.05, 0.1) is 11.5 Å². The molecule has 19 heavy (non-hydrogen) atoms. The lowest BCUT2D eigenvalue weighted by atomic mass is 9.68. The Morgan fingerprint density at radius 2 is 1.89 bits per heavy atom. The first-order chi connectivity index (χ1) is 9.23. The molecular formula is C16H19ClFN. The number of rotatable bonds is 5. The summed E-state index contributed by atoms with van der Waals surface area (Å²) < 4.78 is 13.1. The Morgan fingerprint density at radius 1 is 1.26 bits per heavy atom. The van der Waals surface area contributed by atoms with Gasteiger partial charge in [0.1, 0.15) is 5.82 Å². The molecule has 0 heterocycles. The SMILES string of the molecule is N#CC(CCCCl)(c1ccc(F)cc1)C1CCCC1. The maximum atomic E-state index is 13.1. The normalized spacial score (nSPS) is 19.0. The maximum Gasteiger partial charge on any atom is 0.123 e. The Labute approximate surface area is 119 Å². The Kier molecular flexibility index (Phi) is 4.82. The summed E-state index contributed by atoms with van der Waals surface area (Å²) in [7, 11) is 0. The van der Waals surface area contributed by atoms with E-state index in [-0.39, 0.29) is 5.82 Å². The van der Waals surface area contributed by atoms with Gasteiger partial charge in [-0.25, -0.2) is 4.39 Å². The first-order valence-electron chi connectivity index (χ1n) is 6.96. The first-order valence-corrected chi connectivity index (χ1v) is 7.49. The standard InChI is InChI=1S/C16H19ClFN/c17-11-3-10-16(12-19,13-4-1-2-5-13)14-6-8-15(18)9-7-14/h6-9,13H,1-5,10-11H2. The molecule has 1 aliphatic carbocycles. The highest BCUT2D eigenvalue weighted by Gasteiger charge is 2.41. The highest BCUT2D eigenvalue weighted by Crippen LogP contribution is 2.45. The summed E-state index contributed by atoms with van der Waals surface area (Å²) >= 11 is 5.81. The molecule has 3 heteroatoms. The van der Waals surface area contributed by atoms with Crippen LogP contribution in [0.5, 0.6) is 0 Å². The molecule has 0 N–H and O–H groups in total. The van der Waals surface area contributed by atoms with Crippen molar-refractivity contribution < 1.29 is 4.39 Å². The van der Waals surface area contributed by atoms with Gasteiger partial charge < -0.3 is 0 Å². The summed E-state index contributed by atoms with van der Waals surface area (Å²) in [5.41, 5.74) is 0.465. The van der Waals surface area contributed by atoms with Crippen molar-refractivity contribution in [3.05, 3.63) is 35.6 Å². The molecule has 0 amide bonds. The van der Waals surface area contributed by atoms with Crippen molar-refractivity contribution in [3.8, 4) is 6.07 Å². The van der Waals surface area contributed by atoms with Gasteiger partial charge in [0.2, 0.25) is 0 Å². The highest BCUT2D eigenvalue weighted by atomic mass is 35.5. The van der Waals surface area contributed by atoms with Crippen molar-refractivity contribution in [1.29, 1.82) is 5.26 Å². The predicted octanol–water partition coefficient (Wildman–Crippen LogP) is 4.80. The molecule has 1 aliphatic rings. The first kappa shape index (κ1) is 14.3. The zero-order valence-corrected chi connectivity index (χ0v) is 11.8. The molecule has 2 rings (SSSR count). The van der Waals surface area contributed by atoms with Crippen molar-refractivity contribution in [1.82, 2.24) is 0 Å². The van der Waals surface area contributed by atoms with E-state index < -0.39 is 5.41 Å². The third-order valence-electron chi connectivity index (χ3n) is 4.32. The van der Waals surface area contributed by atoms with Gasteiger partial charge in [-0.2, -0.15) is 5.26 Å². The van der Waals surface area contributed by atoms with E-state index >= 15 is 0 Å². The molecule has 1 atom stereocenters. The number of halogens is 2. The lowest BCUT2D eigenvalue weighted by Crippen LogP contribution is -2.32. The van der Waals surface area contributed by atoms with Gasteiger partial charge in [-0.15, -0.1) is 11.6 Å². The number of hydrogen-bond donors (Lipinski definition) is 0. The van der Waals surface area contributed by atoms with Crippen LogP contribution in [0.15, 0.2) is 24.3 Å². The maximum absolute atomic E-state index is 13.1. The van der Waals surface area contributed by atoms with Crippen molar-refractivity contribution in [3.63, 3.8) is 0 Å². The van der Waals surface area contributed by atoms with E-state index in [2.05, 4.69) is 6.07 Å². The Bertz CT molecular complexity index is 445. The Hall–Kier alpha value is -1.07. The second-order valence-corrected chi connectivity index (χ2v) is 5.74. The molecule has 0 aliphatic heterocycles.